The van der Waals surface area contributed by atoms with E-state index < -0.39 is 23.7 Å². The van der Waals surface area contributed by atoms with Gasteiger partial charge in [-0.1, -0.05) is 30.3 Å². The summed E-state index contributed by atoms with van der Waals surface area (Å²) in [5, 5.41) is 4.64. The van der Waals surface area contributed by atoms with E-state index in [2.05, 4.69) is 16.0 Å². The maximum absolute atomic E-state index is 13.6. The van der Waals surface area contributed by atoms with Gasteiger partial charge in [-0.25, -0.2) is 9.07 Å². The summed E-state index contributed by atoms with van der Waals surface area (Å²) in [4.78, 5) is 36.7. The summed E-state index contributed by atoms with van der Waals surface area (Å²) in [5.74, 6) is -2.08. The average Bonchev–Trinajstić information content (AvgIpc) is 2.70. The predicted molar refractivity (Wildman–Crippen MR) is 99.1 cm³/mol. The summed E-state index contributed by atoms with van der Waals surface area (Å²) in [6, 6.07) is 12.2. The van der Waals surface area contributed by atoms with Crippen molar-refractivity contribution in [2.45, 2.75) is 13.0 Å². The van der Waals surface area contributed by atoms with E-state index in [1.54, 1.807) is 30.3 Å². The molecule has 3 rings (SSSR count). The molecule has 28 heavy (non-hydrogen) atoms. The Balaban J connectivity index is 1.71. The van der Waals surface area contributed by atoms with Gasteiger partial charge in [0, 0.05) is 12.4 Å². The van der Waals surface area contributed by atoms with Gasteiger partial charge < -0.3 is 4.74 Å². The van der Waals surface area contributed by atoms with Gasteiger partial charge in [-0.15, -0.1) is 0 Å². The maximum atomic E-state index is 13.6. The number of hydrogen-bond acceptors (Lipinski definition) is 5. The molecule has 0 saturated heterocycles. The minimum Gasteiger partial charge on any atom is -0.478 e. The molecule has 2 amide bonds. The van der Waals surface area contributed by atoms with Crippen LogP contribution in [-0.4, -0.2) is 27.7 Å². The molecule has 1 aromatic heterocycles. The zero-order valence-electron chi connectivity index (χ0n) is 15.1. The van der Waals surface area contributed by atoms with Gasteiger partial charge in [0.15, 0.2) is 23.4 Å². The normalized spacial score (nSPS) is 11.7. The maximum Gasteiger partial charge on any atom is 0.290 e. The van der Waals surface area contributed by atoms with Gasteiger partial charge in [0.25, 0.3) is 17.4 Å². The standard InChI is InChI=1S/C19H17FN4O4/c1-11(28-15-10-6-5-9-14(15)20)17(25)21-22-18(26)16-12-7-3-4-8-13(12)19(27)24(2)23-16/h3-11H,1-2H3,(H,21,25)(H,22,26)/t11-/m0/s1. The zero-order valence-corrected chi connectivity index (χ0v) is 15.1. The lowest BCUT2D eigenvalue weighted by atomic mass is 10.1. The molecule has 9 heteroatoms. The Kier molecular flexibility index (Phi) is 5.35. The van der Waals surface area contributed by atoms with Crippen LogP contribution >= 0.6 is 0 Å². The summed E-state index contributed by atoms with van der Waals surface area (Å²) in [6.45, 7) is 1.41. The first-order valence-electron chi connectivity index (χ1n) is 8.36. The molecule has 1 heterocycles. The number of aromatic nitrogens is 2. The molecule has 2 N–H and O–H groups in total. The summed E-state index contributed by atoms with van der Waals surface area (Å²) in [6.07, 6.45) is -1.07. The Morgan fingerprint density at radius 1 is 1.07 bits per heavy atom. The van der Waals surface area contributed by atoms with E-state index in [9.17, 15) is 18.8 Å². The number of benzene rings is 2. The molecule has 0 radical (unpaired) electrons. The van der Waals surface area contributed by atoms with E-state index in [4.69, 9.17) is 4.74 Å². The number of carbonyl (C=O) groups excluding carboxylic acids is 2. The summed E-state index contributed by atoms with van der Waals surface area (Å²) < 4.78 is 19.9. The molecule has 144 valence electrons. The third-order valence-corrected chi connectivity index (χ3v) is 3.98. The van der Waals surface area contributed by atoms with E-state index in [0.29, 0.717) is 10.8 Å². The number of para-hydroxylation sites is 1. The molecule has 0 fully saturated rings. The first-order chi connectivity index (χ1) is 13.4. The molecule has 1 atom stereocenters. The molecule has 0 bridgehead atoms. The summed E-state index contributed by atoms with van der Waals surface area (Å²) in [7, 11) is 1.43. The fourth-order valence-electron chi connectivity index (χ4n) is 2.53. The molecule has 0 saturated carbocycles. The van der Waals surface area contributed by atoms with Gasteiger partial charge in [0.05, 0.1) is 5.39 Å². The number of hydrogen-bond donors (Lipinski definition) is 2. The topological polar surface area (TPSA) is 102 Å². The number of rotatable bonds is 4. The van der Waals surface area contributed by atoms with Crippen molar-refractivity contribution in [1.29, 1.82) is 0 Å². The van der Waals surface area contributed by atoms with E-state index in [0.717, 1.165) is 4.68 Å². The largest absolute Gasteiger partial charge is 0.478 e. The van der Waals surface area contributed by atoms with Crippen LogP contribution in [0, 0.1) is 5.82 Å². The van der Waals surface area contributed by atoms with E-state index in [1.807, 2.05) is 0 Å². The highest BCUT2D eigenvalue weighted by atomic mass is 19.1. The van der Waals surface area contributed by atoms with Crippen LogP contribution in [0.25, 0.3) is 10.8 Å². The van der Waals surface area contributed by atoms with Crippen molar-refractivity contribution in [3.05, 3.63) is 70.4 Å². The Bertz CT molecular complexity index is 1110. The van der Waals surface area contributed by atoms with Crippen molar-refractivity contribution < 1.29 is 18.7 Å². The van der Waals surface area contributed by atoms with Crippen molar-refractivity contribution in [2.24, 2.45) is 7.05 Å². The van der Waals surface area contributed by atoms with Crippen LogP contribution < -0.4 is 21.1 Å². The number of ether oxygens (including phenoxy) is 1. The fourth-order valence-corrected chi connectivity index (χ4v) is 2.53. The molecular formula is C19H17FN4O4. The molecule has 0 aliphatic rings. The smallest absolute Gasteiger partial charge is 0.290 e. The second-order valence-corrected chi connectivity index (χ2v) is 5.96. The fraction of sp³-hybridized carbons (Fsp3) is 0.158. The minimum atomic E-state index is -1.07. The van der Waals surface area contributed by atoms with Crippen LogP contribution in [0.1, 0.15) is 17.4 Å². The number of nitrogens with zero attached hydrogens (tertiary/aromatic N) is 2. The highest BCUT2D eigenvalue weighted by Gasteiger charge is 2.19. The zero-order chi connectivity index (χ0) is 20.3. The van der Waals surface area contributed by atoms with E-state index in [-0.39, 0.29) is 17.0 Å². The molecule has 0 spiro atoms. The lowest BCUT2D eigenvalue weighted by Crippen LogP contribution is -2.47. The average molecular weight is 384 g/mol. The molecule has 8 nitrogen and oxygen atoms in total. The number of halogens is 1. The van der Waals surface area contributed by atoms with Crippen molar-refractivity contribution in [1.82, 2.24) is 20.6 Å². The van der Waals surface area contributed by atoms with E-state index >= 15 is 0 Å². The Hall–Kier alpha value is -3.75. The van der Waals surface area contributed by atoms with Crippen LogP contribution in [0.4, 0.5) is 4.39 Å². The van der Waals surface area contributed by atoms with Crippen molar-refractivity contribution in [3.63, 3.8) is 0 Å². The van der Waals surface area contributed by atoms with Crippen LogP contribution in [0.2, 0.25) is 0 Å². The first-order valence-corrected chi connectivity index (χ1v) is 8.36. The van der Waals surface area contributed by atoms with Gasteiger partial charge >= 0.3 is 0 Å². The SMILES string of the molecule is C[C@H](Oc1ccccc1F)C(=O)NNC(=O)c1nn(C)c(=O)c2ccccc12. The highest BCUT2D eigenvalue weighted by molar-refractivity contribution is 6.05. The number of nitrogens with one attached hydrogen (secondary N) is 2. The second-order valence-electron chi connectivity index (χ2n) is 5.96. The third-order valence-electron chi connectivity index (χ3n) is 3.98. The highest BCUT2D eigenvalue weighted by Crippen LogP contribution is 2.17. The van der Waals surface area contributed by atoms with Gasteiger partial charge in [0.2, 0.25) is 0 Å². The van der Waals surface area contributed by atoms with Gasteiger partial charge in [0.1, 0.15) is 0 Å². The van der Waals surface area contributed by atoms with Gasteiger partial charge in [-0.3, -0.25) is 25.2 Å². The Labute approximate surface area is 158 Å². The van der Waals surface area contributed by atoms with Gasteiger partial charge in [-0.05, 0) is 25.1 Å². The number of aryl methyl sites for hydroxylation is 1. The monoisotopic (exact) mass is 384 g/mol. The van der Waals surface area contributed by atoms with Crippen LogP contribution in [0.5, 0.6) is 5.75 Å². The molecule has 0 unspecified atom stereocenters. The van der Waals surface area contributed by atoms with Crippen molar-refractivity contribution in [2.75, 3.05) is 0 Å². The number of amides is 2. The number of fused-ring (bicyclic) bond motifs is 1. The molecular weight excluding hydrogens is 367 g/mol. The molecule has 2 aromatic carbocycles. The Morgan fingerprint density at radius 2 is 1.71 bits per heavy atom. The van der Waals surface area contributed by atoms with Crippen molar-refractivity contribution in [3.8, 4) is 5.75 Å². The van der Waals surface area contributed by atoms with Gasteiger partial charge in [-0.2, -0.15) is 5.10 Å². The van der Waals surface area contributed by atoms with Crippen LogP contribution in [-0.2, 0) is 11.8 Å². The Morgan fingerprint density at radius 3 is 2.43 bits per heavy atom. The first kappa shape index (κ1) is 19.0. The van der Waals surface area contributed by atoms with E-state index in [1.165, 1.54) is 32.2 Å². The summed E-state index contributed by atoms with van der Waals surface area (Å²) >= 11 is 0. The quantitative estimate of drug-likeness (QED) is 0.660. The molecule has 0 aliphatic carbocycles. The van der Waals surface area contributed by atoms with Crippen LogP contribution in [0.15, 0.2) is 53.3 Å². The lowest BCUT2D eigenvalue weighted by molar-refractivity contribution is -0.128. The predicted octanol–water partition coefficient (Wildman–Crippen LogP) is 1.30. The van der Waals surface area contributed by atoms with Crippen LogP contribution in [0.3, 0.4) is 0 Å². The molecule has 3 aromatic rings. The summed E-state index contributed by atoms with van der Waals surface area (Å²) in [5.41, 5.74) is 4.06. The second kappa shape index (κ2) is 7.87. The lowest BCUT2D eigenvalue weighted by Gasteiger charge is -2.15. The number of carbonyl (C=O) groups is 2. The number of hydrazine groups is 1. The minimum absolute atomic E-state index is 0.0272. The third kappa shape index (κ3) is 3.83. The molecule has 0 aliphatic heterocycles. The van der Waals surface area contributed by atoms with Crippen molar-refractivity contribution >= 4 is 22.6 Å².